The monoisotopic (exact) mass is 385 g/mol. The lowest BCUT2D eigenvalue weighted by atomic mass is 10.0. The smallest absolute Gasteiger partial charge is 0.282 e. The van der Waals surface area contributed by atoms with Gasteiger partial charge in [0.25, 0.3) is 5.91 Å². The number of allylic oxidation sites excluding steroid dienone is 1. The van der Waals surface area contributed by atoms with Crippen molar-refractivity contribution in [2.24, 2.45) is 11.7 Å². The Morgan fingerprint density at radius 3 is 2.93 bits per heavy atom. The average molecular weight is 386 g/mol. The van der Waals surface area contributed by atoms with Gasteiger partial charge in [0.15, 0.2) is 11.2 Å². The van der Waals surface area contributed by atoms with E-state index in [0.29, 0.717) is 24.1 Å². The fraction of sp³-hybridized carbons (Fsp3) is 0.350. The van der Waals surface area contributed by atoms with Gasteiger partial charge >= 0.3 is 0 Å². The number of benzene rings is 1. The SMILES string of the molecule is CC(C)CN(C)C(=O)c1nc2c(s1)CCOc1cc(/C(C=[NH2+])=C/N)ccc1-2. The number of carbonyl (C=O) groups is 1. The Morgan fingerprint density at radius 1 is 1.48 bits per heavy atom. The molecule has 4 N–H and O–H groups in total. The summed E-state index contributed by atoms with van der Waals surface area (Å²) < 4.78 is 5.92. The Morgan fingerprint density at radius 2 is 2.26 bits per heavy atom. The molecule has 2 aromatic rings. The Bertz CT molecular complexity index is 901. The zero-order valence-electron chi connectivity index (χ0n) is 15.9. The highest BCUT2D eigenvalue weighted by Crippen LogP contribution is 2.39. The molecule has 0 bridgehead atoms. The van der Waals surface area contributed by atoms with E-state index >= 15 is 0 Å². The van der Waals surface area contributed by atoms with Gasteiger partial charge in [0.2, 0.25) is 0 Å². The molecule has 27 heavy (non-hydrogen) atoms. The van der Waals surface area contributed by atoms with Crippen molar-refractivity contribution in [3.05, 3.63) is 39.8 Å². The molecule has 1 aromatic heterocycles. The lowest BCUT2D eigenvalue weighted by Gasteiger charge is -2.17. The second kappa shape index (κ2) is 7.92. The molecule has 0 aliphatic carbocycles. The molecule has 0 saturated heterocycles. The van der Waals surface area contributed by atoms with Gasteiger partial charge in [-0.15, -0.1) is 11.3 Å². The van der Waals surface area contributed by atoms with Gasteiger partial charge in [-0.25, -0.2) is 4.98 Å². The number of hydrogen-bond acceptors (Lipinski definition) is 5. The maximum Gasteiger partial charge on any atom is 0.282 e. The molecule has 0 radical (unpaired) electrons. The average Bonchev–Trinajstić information content (AvgIpc) is 2.98. The number of ether oxygens (including phenoxy) is 1. The number of nitrogens with two attached hydrogens (primary N) is 2. The number of nitrogens with zero attached hydrogens (tertiary/aromatic N) is 2. The standard InChI is InChI=1S/C20H24N4O2S/c1-12(2)11-24(3)20(25)19-23-18-15-5-4-13(14(9-21)10-22)8-16(15)26-7-6-17(18)27-19/h4-5,8-10,12,21H,6-7,11,22H2,1-3H3/p+1/b14-10+,21-9?. The van der Waals surface area contributed by atoms with Crippen molar-refractivity contribution in [3.63, 3.8) is 0 Å². The van der Waals surface area contributed by atoms with E-state index in [1.54, 1.807) is 4.90 Å². The van der Waals surface area contributed by atoms with Crippen molar-refractivity contribution in [1.29, 1.82) is 0 Å². The topological polar surface area (TPSA) is 94.0 Å². The molecule has 1 aliphatic rings. The molecule has 0 fully saturated rings. The molecular weight excluding hydrogens is 360 g/mol. The molecule has 7 heteroatoms. The van der Waals surface area contributed by atoms with E-state index in [2.05, 4.69) is 18.8 Å². The van der Waals surface area contributed by atoms with E-state index in [1.807, 2.05) is 25.2 Å². The summed E-state index contributed by atoms with van der Waals surface area (Å²) in [5, 5.41) is 6.16. The van der Waals surface area contributed by atoms with Crippen LogP contribution in [-0.4, -0.2) is 42.2 Å². The summed E-state index contributed by atoms with van der Waals surface area (Å²) in [5.41, 5.74) is 8.96. The number of rotatable bonds is 5. The van der Waals surface area contributed by atoms with Crippen LogP contribution in [0.2, 0.25) is 0 Å². The Labute approximate surface area is 163 Å². The van der Waals surface area contributed by atoms with Gasteiger partial charge in [0.05, 0.1) is 17.9 Å². The van der Waals surface area contributed by atoms with Gasteiger partial charge in [-0.2, -0.15) is 0 Å². The first-order valence-electron chi connectivity index (χ1n) is 8.94. The fourth-order valence-corrected chi connectivity index (χ4v) is 4.19. The van der Waals surface area contributed by atoms with Gasteiger partial charge in [-0.1, -0.05) is 19.9 Å². The molecule has 142 valence electrons. The van der Waals surface area contributed by atoms with Crippen LogP contribution in [0.5, 0.6) is 5.75 Å². The number of thiazole rings is 1. The minimum atomic E-state index is -0.0352. The van der Waals surface area contributed by atoms with Crippen LogP contribution < -0.4 is 15.9 Å². The molecule has 0 saturated carbocycles. The quantitative estimate of drug-likeness (QED) is 0.765. The predicted octanol–water partition coefficient (Wildman–Crippen LogP) is 1.60. The number of carbonyl (C=O) groups excluding carboxylic acids is 1. The summed E-state index contributed by atoms with van der Waals surface area (Å²) in [4.78, 5) is 20.2. The summed E-state index contributed by atoms with van der Waals surface area (Å²) in [6.07, 6.45) is 3.66. The van der Waals surface area contributed by atoms with E-state index in [0.717, 1.165) is 39.4 Å². The Kier molecular flexibility index (Phi) is 5.60. The molecule has 3 rings (SSSR count). The van der Waals surface area contributed by atoms with Crippen LogP contribution in [-0.2, 0) is 6.42 Å². The highest BCUT2D eigenvalue weighted by atomic mass is 32.1. The molecular formula is C20H25N4O2S+. The highest BCUT2D eigenvalue weighted by Gasteiger charge is 2.25. The summed E-state index contributed by atoms with van der Waals surface area (Å²) in [6.45, 7) is 5.43. The molecule has 2 heterocycles. The number of hydrogen-bond donors (Lipinski definition) is 2. The van der Waals surface area contributed by atoms with Crippen LogP contribution in [0.25, 0.3) is 16.8 Å². The van der Waals surface area contributed by atoms with Gasteiger partial charge in [-0.05, 0) is 23.6 Å². The van der Waals surface area contributed by atoms with Crippen molar-refractivity contribution in [1.82, 2.24) is 9.88 Å². The fourth-order valence-electron chi connectivity index (χ4n) is 3.14. The van der Waals surface area contributed by atoms with Crippen molar-refractivity contribution < 1.29 is 14.9 Å². The summed E-state index contributed by atoms with van der Waals surface area (Å²) in [7, 11) is 1.82. The third-order valence-corrected chi connectivity index (χ3v) is 5.49. The highest BCUT2D eigenvalue weighted by molar-refractivity contribution is 7.14. The van der Waals surface area contributed by atoms with Crippen molar-refractivity contribution in [2.75, 3.05) is 20.2 Å². The minimum Gasteiger partial charge on any atom is -0.492 e. The molecule has 1 aromatic carbocycles. The minimum absolute atomic E-state index is 0.0352. The van der Waals surface area contributed by atoms with E-state index in [9.17, 15) is 4.79 Å². The number of amides is 1. The second-order valence-electron chi connectivity index (χ2n) is 6.97. The van der Waals surface area contributed by atoms with Crippen molar-refractivity contribution >= 4 is 29.0 Å². The maximum absolute atomic E-state index is 12.7. The summed E-state index contributed by atoms with van der Waals surface area (Å²) >= 11 is 1.46. The zero-order valence-corrected chi connectivity index (χ0v) is 16.7. The van der Waals surface area contributed by atoms with E-state index in [4.69, 9.17) is 15.9 Å². The first-order chi connectivity index (χ1) is 12.9. The molecule has 6 nitrogen and oxygen atoms in total. The van der Waals surface area contributed by atoms with E-state index in [-0.39, 0.29) is 5.91 Å². The first kappa shape index (κ1) is 19.1. The number of aromatic nitrogens is 1. The van der Waals surface area contributed by atoms with Gasteiger partial charge in [0, 0.05) is 36.7 Å². The van der Waals surface area contributed by atoms with Crippen LogP contribution >= 0.6 is 11.3 Å². The summed E-state index contributed by atoms with van der Waals surface area (Å²) in [6, 6.07) is 5.80. The van der Waals surface area contributed by atoms with Gasteiger partial charge < -0.3 is 15.4 Å². The van der Waals surface area contributed by atoms with Crippen LogP contribution in [0.4, 0.5) is 0 Å². The molecule has 0 atom stereocenters. The maximum atomic E-state index is 12.7. The van der Waals surface area contributed by atoms with Crippen LogP contribution in [0, 0.1) is 5.92 Å². The van der Waals surface area contributed by atoms with E-state index < -0.39 is 0 Å². The molecule has 1 amide bonds. The second-order valence-corrected chi connectivity index (χ2v) is 8.05. The molecule has 0 unspecified atom stereocenters. The molecule has 1 aliphatic heterocycles. The van der Waals surface area contributed by atoms with Crippen LogP contribution in [0.3, 0.4) is 0 Å². The van der Waals surface area contributed by atoms with E-state index in [1.165, 1.54) is 23.8 Å². The normalized spacial score (nSPS) is 13.4. The van der Waals surface area contributed by atoms with Gasteiger partial charge in [-0.3, -0.25) is 10.2 Å². The zero-order chi connectivity index (χ0) is 19.6. The van der Waals surface area contributed by atoms with Crippen molar-refractivity contribution in [3.8, 4) is 17.0 Å². The lowest BCUT2D eigenvalue weighted by molar-refractivity contribution is -0.103. The third kappa shape index (κ3) is 3.88. The lowest BCUT2D eigenvalue weighted by Crippen LogP contribution is -2.30. The number of fused-ring (bicyclic) bond motifs is 3. The van der Waals surface area contributed by atoms with Crippen LogP contribution in [0.15, 0.2) is 24.4 Å². The predicted molar refractivity (Wildman–Crippen MR) is 109 cm³/mol. The third-order valence-electron chi connectivity index (χ3n) is 4.38. The van der Waals surface area contributed by atoms with Crippen LogP contribution in [0.1, 0.15) is 34.1 Å². The molecule has 0 spiro atoms. The first-order valence-corrected chi connectivity index (χ1v) is 9.75. The van der Waals surface area contributed by atoms with Gasteiger partial charge in [0.1, 0.15) is 5.75 Å². The Balaban J connectivity index is 1.98. The Hall–Kier alpha value is -2.67. The largest absolute Gasteiger partial charge is 0.492 e. The van der Waals surface area contributed by atoms with Crippen molar-refractivity contribution in [2.45, 2.75) is 20.3 Å². The summed E-state index contributed by atoms with van der Waals surface area (Å²) in [5.74, 6) is 1.10.